The number of hydrogen-bond acceptors (Lipinski definition) is 3. The molecule has 0 saturated heterocycles. The Morgan fingerprint density at radius 3 is 1.63 bits per heavy atom. The van der Waals surface area contributed by atoms with Crippen molar-refractivity contribution in [1.82, 2.24) is 19.5 Å². The van der Waals surface area contributed by atoms with Crippen LogP contribution in [0.5, 0.6) is 0 Å². The maximum atomic E-state index is 5.37. The van der Waals surface area contributed by atoms with Crippen molar-refractivity contribution in [2.24, 2.45) is 0 Å². The molecule has 0 aliphatic heterocycles. The van der Waals surface area contributed by atoms with Gasteiger partial charge in [0.05, 0.1) is 33.6 Å². The van der Waals surface area contributed by atoms with E-state index >= 15 is 0 Å². The highest BCUT2D eigenvalue weighted by Crippen LogP contribution is 2.42. The van der Waals surface area contributed by atoms with Crippen molar-refractivity contribution >= 4 is 43.5 Å². The van der Waals surface area contributed by atoms with E-state index in [1.807, 2.05) is 36.4 Å². The Kier molecular flexibility index (Phi) is 6.78. The number of rotatable bonds is 5. The van der Waals surface area contributed by atoms with Gasteiger partial charge in [-0.25, -0.2) is 15.0 Å². The zero-order valence-electron chi connectivity index (χ0n) is 27.6. The van der Waals surface area contributed by atoms with E-state index < -0.39 is 0 Å². The molecule has 10 aromatic rings. The predicted octanol–water partition coefficient (Wildman–Crippen LogP) is 11.9. The zero-order chi connectivity index (χ0) is 33.7. The SMILES string of the molecule is c1ccc(-c2cc(-c3ccc(-n4c5ccccc5c5c(-c6ccccc6)nc6cc7ccccc7cc6c54)cc3)nc(-c3ccccc3)n2)cc1. The fraction of sp³-hybridized carbons (Fsp3) is 0. The number of benzene rings is 7. The monoisotopic (exact) mass is 650 g/mol. The van der Waals surface area contributed by atoms with Crippen LogP contribution in [-0.4, -0.2) is 19.5 Å². The molecule has 0 N–H and O–H groups in total. The Labute approximate surface area is 295 Å². The van der Waals surface area contributed by atoms with Gasteiger partial charge in [-0.2, -0.15) is 0 Å². The number of aromatic nitrogens is 4. The first-order valence-corrected chi connectivity index (χ1v) is 17.2. The van der Waals surface area contributed by atoms with Crippen LogP contribution in [0.3, 0.4) is 0 Å². The smallest absolute Gasteiger partial charge is 0.160 e. The lowest BCUT2D eigenvalue weighted by molar-refractivity contribution is 1.17. The van der Waals surface area contributed by atoms with E-state index in [1.165, 1.54) is 16.2 Å². The van der Waals surface area contributed by atoms with E-state index in [2.05, 4.69) is 150 Å². The summed E-state index contributed by atoms with van der Waals surface area (Å²) in [5.74, 6) is 0.707. The summed E-state index contributed by atoms with van der Waals surface area (Å²) in [6.07, 6.45) is 0. The van der Waals surface area contributed by atoms with E-state index in [0.717, 1.165) is 72.3 Å². The molecule has 0 amide bonds. The summed E-state index contributed by atoms with van der Waals surface area (Å²) in [5, 5.41) is 5.82. The van der Waals surface area contributed by atoms with Crippen molar-refractivity contribution in [3.63, 3.8) is 0 Å². The maximum absolute atomic E-state index is 5.37. The van der Waals surface area contributed by atoms with Gasteiger partial charge in [-0.15, -0.1) is 0 Å². The second kappa shape index (κ2) is 11.9. The quantitative estimate of drug-likeness (QED) is 0.174. The van der Waals surface area contributed by atoms with Gasteiger partial charge in [-0.1, -0.05) is 146 Å². The van der Waals surface area contributed by atoms with Crippen LogP contribution >= 0.6 is 0 Å². The van der Waals surface area contributed by atoms with Crippen LogP contribution in [0.25, 0.3) is 94.3 Å². The van der Waals surface area contributed by atoms with Gasteiger partial charge in [0.15, 0.2) is 5.82 Å². The van der Waals surface area contributed by atoms with Gasteiger partial charge in [0.25, 0.3) is 0 Å². The standard InChI is InChI=1S/C47H30N4/c1-4-14-31(15-5-1)40-30-41(50-47(49-40)34-18-8-3-9-19-34)32-24-26-37(27-25-32)51-43-23-13-12-22-38(43)44-45(33-16-6-2-7-17-33)48-42-29-36-21-11-10-20-35(36)28-39(42)46(44)51/h1-30H. The van der Waals surface area contributed by atoms with Gasteiger partial charge in [0.1, 0.15) is 0 Å². The van der Waals surface area contributed by atoms with Crippen molar-refractivity contribution < 1.29 is 0 Å². The first-order chi connectivity index (χ1) is 25.3. The van der Waals surface area contributed by atoms with Crippen LogP contribution in [0.15, 0.2) is 182 Å². The molecule has 0 unspecified atom stereocenters. The van der Waals surface area contributed by atoms with Gasteiger partial charge in [-0.3, -0.25) is 0 Å². The van der Waals surface area contributed by atoms with E-state index in [1.54, 1.807) is 0 Å². The largest absolute Gasteiger partial charge is 0.308 e. The van der Waals surface area contributed by atoms with Crippen molar-refractivity contribution in [2.45, 2.75) is 0 Å². The topological polar surface area (TPSA) is 43.6 Å². The molecule has 0 radical (unpaired) electrons. The Balaban J connectivity index is 1.21. The zero-order valence-corrected chi connectivity index (χ0v) is 27.6. The lowest BCUT2D eigenvalue weighted by Gasteiger charge is -2.14. The molecule has 3 aromatic heterocycles. The Morgan fingerprint density at radius 1 is 0.392 bits per heavy atom. The summed E-state index contributed by atoms with van der Waals surface area (Å²) in [4.78, 5) is 15.4. The minimum atomic E-state index is 0.707. The third kappa shape index (κ3) is 4.96. The summed E-state index contributed by atoms with van der Waals surface area (Å²) in [5.41, 5.74) is 11.3. The Bertz CT molecular complexity index is 2820. The first kappa shape index (κ1) is 29.0. The summed E-state index contributed by atoms with van der Waals surface area (Å²) in [6, 6.07) is 63.7. The molecule has 4 nitrogen and oxygen atoms in total. The van der Waals surface area contributed by atoms with Crippen LogP contribution < -0.4 is 0 Å². The second-order valence-corrected chi connectivity index (χ2v) is 12.9. The maximum Gasteiger partial charge on any atom is 0.160 e. The van der Waals surface area contributed by atoms with E-state index in [9.17, 15) is 0 Å². The summed E-state index contributed by atoms with van der Waals surface area (Å²) < 4.78 is 2.41. The first-order valence-electron chi connectivity index (χ1n) is 17.2. The average molecular weight is 651 g/mol. The molecule has 10 rings (SSSR count). The van der Waals surface area contributed by atoms with Crippen LogP contribution in [0.1, 0.15) is 0 Å². The average Bonchev–Trinajstić information content (AvgIpc) is 3.56. The summed E-state index contributed by atoms with van der Waals surface area (Å²) in [7, 11) is 0. The number of pyridine rings is 1. The third-order valence-electron chi connectivity index (χ3n) is 9.76. The van der Waals surface area contributed by atoms with E-state index in [4.69, 9.17) is 15.0 Å². The highest BCUT2D eigenvalue weighted by atomic mass is 15.0. The number of nitrogens with zero attached hydrogens (tertiary/aromatic N) is 4. The number of fused-ring (bicyclic) bond motifs is 6. The van der Waals surface area contributed by atoms with Crippen LogP contribution in [0.2, 0.25) is 0 Å². The number of para-hydroxylation sites is 1. The minimum absolute atomic E-state index is 0.707. The Hall–Kier alpha value is -6.91. The Morgan fingerprint density at radius 2 is 0.941 bits per heavy atom. The molecule has 7 aromatic carbocycles. The van der Waals surface area contributed by atoms with Crippen LogP contribution in [0.4, 0.5) is 0 Å². The molecule has 4 heteroatoms. The van der Waals surface area contributed by atoms with Crippen LogP contribution in [-0.2, 0) is 0 Å². The molecule has 0 aliphatic carbocycles. The second-order valence-electron chi connectivity index (χ2n) is 12.9. The summed E-state index contributed by atoms with van der Waals surface area (Å²) >= 11 is 0. The molecule has 0 bridgehead atoms. The highest BCUT2D eigenvalue weighted by Gasteiger charge is 2.21. The molecule has 238 valence electrons. The fourth-order valence-electron chi connectivity index (χ4n) is 7.34. The molecule has 0 atom stereocenters. The van der Waals surface area contributed by atoms with E-state index in [-0.39, 0.29) is 0 Å². The van der Waals surface area contributed by atoms with Gasteiger partial charge < -0.3 is 4.57 Å². The predicted molar refractivity (Wildman–Crippen MR) is 211 cm³/mol. The van der Waals surface area contributed by atoms with Crippen molar-refractivity contribution in [2.75, 3.05) is 0 Å². The molecule has 0 aliphatic rings. The lowest BCUT2D eigenvalue weighted by atomic mass is 10.0. The molecule has 51 heavy (non-hydrogen) atoms. The van der Waals surface area contributed by atoms with Crippen molar-refractivity contribution in [3.05, 3.63) is 182 Å². The summed E-state index contributed by atoms with van der Waals surface area (Å²) in [6.45, 7) is 0. The molecular formula is C47H30N4. The molecule has 0 fully saturated rings. The lowest BCUT2D eigenvalue weighted by Crippen LogP contribution is -1.98. The third-order valence-corrected chi connectivity index (χ3v) is 9.76. The molecule has 0 saturated carbocycles. The van der Waals surface area contributed by atoms with E-state index in [0.29, 0.717) is 5.82 Å². The number of hydrogen-bond donors (Lipinski definition) is 0. The van der Waals surface area contributed by atoms with Gasteiger partial charge in [0.2, 0.25) is 0 Å². The van der Waals surface area contributed by atoms with Gasteiger partial charge in [-0.05, 0) is 47.2 Å². The van der Waals surface area contributed by atoms with Crippen molar-refractivity contribution in [1.29, 1.82) is 0 Å². The van der Waals surface area contributed by atoms with Crippen LogP contribution in [0, 0.1) is 0 Å². The molecule has 0 spiro atoms. The fourth-order valence-corrected chi connectivity index (χ4v) is 7.34. The normalized spacial score (nSPS) is 11.5. The minimum Gasteiger partial charge on any atom is -0.308 e. The highest BCUT2D eigenvalue weighted by molar-refractivity contribution is 6.23. The van der Waals surface area contributed by atoms with Gasteiger partial charge >= 0.3 is 0 Å². The van der Waals surface area contributed by atoms with Gasteiger partial charge in [0, 0.05) is 44.1 Å². The molecular weight excluding hydrogens is 621 g/mol. The van der Waals surface area contributed by atoms with Crippen molar-refractivity contribution in [3.8, 4) is 50.8 Å². The molecule has 3 heterocycles.